The van der Waals surface area contributed by atoms with Crippen LogP contribution in [-0.4, -0.2) is 8.80 Å². The van der Waals surface area contributed by atoms with Crippen LogP contribution in [0.1, 0.15) is 13.8 Å². The summed E-state index contributed by atoms with van der Waals surface area (Å²) in [6.45, 7) is 3.82. The topological polar surface area (TPSA) is 0 Å². The molecule has 0 radical (unpaired) electrons. The number of hydrogen-bond acceptors (Lipinski definition) is 0. The Bertz CT molecular complexity index is 44.4. The van der Waals surface area contributed by atoms with E-state index >= 15 is 0 Å². The molecule has 0 aromatic rings. The zero-order valence-corrected chi connectivity index (χ0v) is 63.1. The number of hydrogen-bond donors (Lipinski definition) is 0. The van der Waals surface area contributed by atoms with E-state index in [0.29, 0.717) is 0 Å². The van der Waals surface area contributed by atoms with Gasteiger partial charge in [0.15, 0.2) is 0 Å². The zero-order chi connectivity index (χ0) is 7.41. The molecule has 0 amide bonds. The van der Waals surface area contributed by atoms with Crippen LogP contribution >= 0.6 is 0 Å². The second-order valence-corrected chi connectivity index (χ2v) is 3.34. The minimum absolute atomic E-state index is 0. The molecule has 0 aliphatic carbocycles. The molecule has 18 heteroatoms. The predicted molar refractivity (Wildman–Crippen MR) is 21.4 cm³/mol. The fourth-order valence-corrected chi connectivity index (χ4v) is 0. The van der Waals surface area contributed by atoms with E-state index in [0.717, 1.165) is 0 Å². The average molecular weight is 3360 g/mol. The van der Waals surface area contributed by atoms with Crippen molar-refractivity contribution in [2.24, 2.45) is 0 Å². The van der Waals surface area contributed by atoms with Gasteiger partial charge in [0, 0.05) is 295 Å². The van der Waals surface area contributed by atoms with Gasteiger partial charge in [0.05, 0.1) is 0 Å². The molecule has 0 saturated heterocycles. The van der Waals surface area contributed by atoms with E-state index in [1.54, 1.807) is 32.4 Å². The van der Waals surface area contributed by atoms with Gasteiger partial charge in [-0.1, -0.05) is 0 Å². The first-order chi connectivity index (χ1) is 3.83. The monoisotopic (exact) mass is 3370 g/mol. The van der Waals surface area contributed by atoms with E-state index in [1.165, 1.54) is 38.7 Å². The molecular weight excluding hydrogens is 3360 g/mol. The van der Waals surface area contributed by atoms with Crippen molar-refractivity contribution in [1.29, 1.82) is 0 Å². The fourth-order valence-electron chi connectivity index (χ4n) is 0. The van der Waals surface area contributed by atoms with Gasteiger partial charge in [-0.2, -0.15) is 0 Å². The molecule has 22 heavy (non-hydrogen) atoms. The van der Waals surface area contributed by atoms with Crippen LogP contribution in [-0.2, 0) is 366 Å². The molecule has 0 fully saturated rings. The Morgan fingerprint density at radius 2 is 0.364 bits per heavy atom. The fraction of sp³-hybridized carbons (Fsp3) is 0.500. The van der Waals surface area contributed by atoms with E-state index < -0.39 is 0 Å². The maximum atomic E-state index is 2.83. The van der Waals surface area contributed by atoms with Crippen molar-refractivity contribution in [2.75, 3.05) is 0 Å². The second-order valence-electron chi connectivity index (χ2n) is 0.408. The van der Waals surface area contributed by atoms with Crippen molar-refractivity contribution in [3.63, 3.8) is 0 Å². The third-order valence-corrected chi connectivity index (χ3v) is 0. The Labute approximate surface area is 378 Å². The van der Waals surface area contributed by atoms with E-state index in [1.807, 2.05) is 13.8 Å². The normalized spacial score (nSPS) is 1.36. The molecule has 0 spiro atoms. The van der Waals surface area contributed by atoms with Crippen molar-refractivity contribution in [1.82, 2.24) is 0 Å². The third kappa shape index (κ3) is 212. The van der Waals surface area contributed by atoms with Crippen LogP contribution in [0.3, 0.4) is 0 Å². The van der Waals surface area contributed by atoms with Crippen molar-refractivity contribution < 1.29 is 366 Å². The summed E-state index contributed by atoms with van der Waals surface area (Å²) in [5, 5.41) is 0. The van der Waals surface area contributed by atoms with E-state index in [2.05, 4.69) is 8.80 Å². The third-order valence-electron chi connectivity index (χ3n) is 0. The van der Waals surface area contributed by atoms with Crippen molar-refractivity contribution >= 4 is 8.80 Å². The minimum atomic E-state index is 0. The maximum absolute atomic E-state index is 2.83. The standard InChI is InChI=1S/2C2H3.18W/c2*1-2;;;;;;;;;;;;;;;;;;/h2*1H3;;;;;;;;;;;;;;;;;;/q2*-1;;;;;;;;;;;;;;;;;;. The van der Waals surface area contributed by atoms with Crippen LogP contribution < -0.4 is 0 Å². The molecule has 0 unspecified atom stereocenters. The van der Waals surface area contributed by atoms with Crippen molar-refractivity contribution in [3.8, 4) is 0 Å². The molecule has 0 rings (SSSR count). The molecule has 0 N–H and O–H groups in total. The Balaban J connectivity index is -0.000000000868. The summed E-state index contributed by atoms with van der Waals surface area (Å²) in [6.07, 6.45) is 0. The quantitative estimate of drug-likeness (QED) is 0.310. The summed E-state index contributed by atoms with van der Waals surface area (Å²) < 4.78 is 5.67. The Kier molecular flexibility index (Phi) is 994. The Morgan fingerprint density at radius 1 is 0.364 bits per heavy atom. The summed E-state index contributed by atoms with van der Waals surface area (Å²) in [6, 6.07) is 0. The Hall–Kier alpha value is 12.1. The molecule has 0 bridgehead atoms. The molecule has 0 aromatic heterocycles. The first kappa shape index (κ1) is 128. The first-order valence-electron chi connectivity index (χ1n) is 1.57. The summed E-state index contributed by atoms with van der Waals surface area (Å²) >= 11 is 6.18. The van der Waals surface area contributed by atoms with Crippen molar-refractivity contribution in [3.05, 3.63) is 0 Å². The second kappa shape index (κ2) is 171. The van der Waals surface area contributed by atoms with Gasteiger partial charge in [0.1, 0.15) is 0 Å². The molecule has 0 aromatic carbocycles. The summed E-state index contributed by atoms with van der Waals surface area (Å²) in [4.78, 5) is 0. The molecule has 0 nitrogen and oxygen atoms in total. The van der Waals surface area contributed by atoms with E-state index in [-0.39, 0.29) is 295 Å². The molecule has 0 aliphatic heterocycles. The summed E-state index contributed by atoms with van der Waals surface area (Å²) in [5.41, 5.74) is 0. The summed E-state index contributed by atoms with van der Waals surface area (Å²) in [5.74, 6) is 0. The zero-order valence-electron chi connectivity index (χ0n) is 10.3. The van der Waals surface area contributed by atoms with E-state index in [4.69, 9.17) is 0 Å². The van der Waals surface area contributed by atoms with Gasteiger partial charge in [-0.05, 0) is 0 Å². The predicted octanol–water partition coefficient (Wildman–Crippen LogP) is 0.425. The van der Waals surface area contributed by atoms with Crippen LogP contribution in [0.5, 0.6) is 0 Å². The van der Waals surface area contributed by atoms with Gasteiger partial charge in [0.25, 0.3) is 0 Å². The SMILES string of the molecule is C[C-]=[W].C[C-]=[W].[W].[W].[W].[W].[W].[W].[W].[W].[W].[W].[W].[W].[W].[W].[W]=[W]. The molecular formula is C4H6W18-2. The van der Waals surface area contributed by atoms with Crippen LogP contribution in [0.2, 0.25) is 0 Å². The van der Waals surface area contributed by atoms with Crippen molar-refractivity contribution in [2.45, 2.75) is 13.8 Å². The van der Waals surface area contributed by atoms with Gasteiger partial charge in [-0.3, -0.25) is 0 Å². The van der Waals surface area contributed by atoms with Crippen LogP contribution in [0, 0.1) is 0 Å². The molecule has 0 heterocycles. The van der Waals surface area contributed by atoms with Gasteiger partial charge in [0.2, 0.25) is 0 Å². The molecule has 132 valence electrons. The first-order valence-corrected chi connectivity index (χ1v) is 15.5. The molecule has 0 aliphatic rings. The van der Waals surface area contributed by atoms with E-state index in [9.17, 15) is 0 Å². The number of rotatable bonds is 0. The van der Waals surface area contributed by atoms with Crippen LogP contribution in [0.15, 0.2) is 0 Å². The average Bonchev–Trinajstić information content (AvgIpc) is 1.75. The van der Waals surface area contributed by atoms with Gasteiger partial charge in [-0.25, -0.2) is 0 Å². The van der Waals surface area contributed by atoms with Gasteiger partial charge in [-0.15, -0.1) is 0 Å². The van der Waals surface area contributed by atoms with Gasteiger partial charge >= 0.3 is 93.8 Å². The van der Waals surface area contributed by atoms with Gasteiger partial charge < -0.3 is 0 Å². The Morgan fingerprint density at radius 3 is 0.364 bits per heavy atom. The van der Waals surface area contributed by atoms with Crippen LogP contribution in [0.25, 0.3) is 0 Å². The summed E-state index contributed by atoms with van der Waals surface area (Å²) in [7, 11) is 0. The molecule has 0 atom stereocenters. The van der Waals surface area contributed by atoms with Crippen LogP contribution in [0.4, 0.5) is 0 Å². The molecule has 0 saturated carbocycles.